The number of likely N-dealkylation sites (tertiary alicyclic amines) is 3. The molecule has 28 nitrogen and oxygen atoms in total. The molecule has 0 aromatic carbocycles. The Morgan fingerprint density at radius 3 is 1.97 bits per heavy atom. The first-order valence-electron chi connectivity index (χ1n) is 26.6. The lowest BCUT2D eigenvalue weighted by Gasteiger charge is -2.30. The molecule has 7 unspecified atom stereocenters. The van der Waals surface area contributed by atoms with Gasteiger partial charge in [0.05, 0.1) is 31.3 Å². The monoisotopic (exact) mass is 1160 g/mol. The van der Waals surface area contributed by atoms with Crippen molar-refractivity contribution in [2.45, 2.75) is 171 Å². The first-order valence-corrected chi connectivity index (χ1v) is 28.9. The summed E-state index contributed by atoms with van der Waals surface area (Å²) in [5.74, 6) is -8.11. The first-order chi connectivity index (χ1) is 37.3. The molecule has 3 fully saturated rings. The molecule has 0 aromatic heterocycles. The minimum Gasteiger partial charge on any atom is -0.481 e. The van der Waals surface area contributed by atoms with Gasteiger partial charge in [0, 0.05) is 68.9 Å². The Kier molecular flexibility index (Phi) is 28.5. The van der Waals surface area contributed by atoms with Gasteiger partial charge in [0.2, 0.25) is 53.2 Å². The molecule has 3 aliphatic rings. The number of likely N-dealkylation sites (N-methyl/N-ethyl adjacent to an activating group) is 1. The van der Waals surface area contributed by atoms with Crippen molar-refractivity contribution in [1.82, 2.24) is 57.2 Å². The maximum Gasteiger partial charge on any atom is 0.321 e. The lowest BCUT2D eigenvalue weighted by atomic mass is 10.1. The molecule has 0 radical (unpaired) electrons. The summed E-state index contributed by atoms with van der Waals surface area (Å²) in [6.45, 7) is 5.96. The number of unbranched alkanes of at least 4 members (excludes halogenated alkanes) is 2. The molecule has 3 heterocycles. The molecule has 0 aromatic rings. The Morgan fingerprint density at radius 1 is 0.709 bits per heavy atom. The van der Waals surface area contributed by atoms with Crippen LogP contribution in [-0.4, -0.2) is 219 Å². The minimum absolute atomic E-state index is 0.0123. The average Bonchev–Trinajstić information content (AvgIpc) is 4.21. The fraction of sp³-hybridized carbons (Fsp3) is 0.735. The van der Waals surface area contributed by atoms with Gasteiger partial charge in [-0.3, -0.25) is 68.3 Å². The molecule has 444 valence electrons. The molecule has 0 aliphatic carbocycles. The standard InChI is InChI=1S/C49H81N13O15S2/c1-28(52-5)42(71)55-25-39(68)61-22-11-14-34(61)45(74)57-31(12-9-20-54-48(51)59-37(66)15-7-6-8-19-53-36(65)18-23-78-79-49(3,4)41(50)47(76)77)43(72)58-32(16-17-40(69)70)46(75)62-27-30(64)24-35(62)44(73)56-26-38(67)60-21-10-13-33(60)29(2)63/h28,30-35,41,52,64H,6-27,50H2,1-5H3,(H,53,65)(H,55,71)(H,56,73)(H,57,74)(H,58,72)(H,69,70)(H,76,77)(H3,51,54,59,66)/t28?,30?,31?,32?,33?,34?,35?,41-/m0/s1. The Morgan fingerprint density at radius 2 is 1.34 bits per heavy atom. The van der Waals surface area contributed by atoms with E-state index in [1.54, 1.807) is 27.8 Å². The van der Waals surface area contributed by atoms with Crippen molar-refractivity contribution in [1.29, 1.82) is 5.41 Å². The molecule has 9 amide bonds. The van der Waals surface area contributed by atoms with E-state index < -0.39 is 138 Å². The predicted octanol–water partition coefficient (Wildman–Crippen LogP) is -2.75. The molecule has 3 saturated heterocycles. The molecule has 79 heavy (non-hydrogen) atoms. The van der Waals surface area contributed by atoms with E-state index in [0.717, 1.165) is 4.90 Å². The number of aliphatic hydroxyl groups excluding tert-OH is 1. The Bertz CT molecular complexity index is 2210. The van der Waals surface area contributed by atoms with Gasteiger partial charge in [-0.1, -0.05) is 28.0 Å². The van der Waals surface area contributed by atoms with Gasteiger partial charge in [0.15, 0.2) is 11.7 Å². The maximum atomic E-state index is 14.3. The van der Waals surface area contributed by atoms with E-state index in [1.807, 2.05) is 0 Å². The van der Waals surface area contributed by atoms with Crippen molar-refractivity contribution >= 4 is 98.4 Å². The van der Waals surface area contributed by atoms with Crippen LogP contribution in [0.25, 0.3) is 0 Å². The van der Waals surface area contributed by atoms with E-state index in [4.69, 9.17) is 16.2 Å². The molecular formula is C49H81N13O15S2. The topological polar surface area (TPSA) is 421 Å². The number of ketones is 1. The summed E-state index contributed by atoms with van der Waals surface area (Å²) in [5, 5.41) is 58.6. The van der Waals surface area contributed by atoms with E-state index in [0.29, 0.717) is 57.4 Å². The molecule has 3 rings (SSSR count). The SMILES string of the molecule is CNC(C)C(=O)NCC(=O)N1CCCC1C(=O)NC(CCCNC(=N)NC(=O)CCCCCNC(=O)CCSSC(C)(C)[C@@H](N)C(=O)O)C(=O)NC(CCC(=O)O)C(=O)N1CC(O)CC1C(=O)NCC(=O)N1CCCC1C(C)=O. The van der Waals surface area contributed by atoms with Gasteiger partial charge in [0.1, 0.15) is 30.2 Å². The summed E-state index contributed by atoms with van der Waals surface area (Å²) in [7, 11) is 4.23. The maximum absolute atomic E-state index is 14.3. The van der Waals surface area contributed by atoms with Crippen LogP contribution >= 0.6 is 21.6 Å². The van der Waals surface area contributed by atoms with Gasteiger partial charge >= 0.3 is 11.9 Å². The van der Waals surface area contributed by atoms with Crippen LogP contribution in [0.3, 0.4) is 0 Å². The van der Waals surface area contributed by atoms with Crippen LogP contribution in [0.15, 0.2) is 0 Å². The van der Waals surface area contributed by atoms with Crippen LogP contribution < -0.4 is 48.3 Å². The minimum atomic E-state index is -1.61. The number of nitrogens with one attached hydrogen (secondary N) is 9. The van der Waals surface area contributed by atoms with Gasteiger partial charge < -0.3 is 73.0 Å². The fourth-order valence-electron chi connectivity index (χ4n) is 8.94. The summed E-state index contributed by atoms with van der Waals surface area (Å²) < 4.78 is -0.732. The fourth-order valence-corrected chi connectivity index (χ4v) is 11.5. The molecular weight excluding hydrogens is 1070 g/mol. The zero-order valence-electron chi connectivity index (χ0n) is 45.7. The third kappa shape index (κ3) is 22.5. The van der Waals surface area contributed by atoms with Crippen LogP contribution in [0, 0.1) is 5.41 Å². The Hall–Kier alpha value is -6.11. The number of guanidine groups is 1. The van der Waals surface area contributed by atoms with E-state index in [-0.39, 0.29) is 75.8 Å². The van der Waals surface area contributed by atoms with Crippen molar-refractivity contribution in [3.63, 3.8) is 0 Å². The van der Waals surface area contributed by atoms with Crippen molar-refractivity contribution in [3.8, 4) is 0 Å². The number of carbonyl (C=O) groups excluding carboxylic acids is 10. The average molecular weight is 1160 g/mol. The number of hydrogen-bond donors (Lipinski definition) is 13. The summed E-state index contributed by atoms with van der Waals surface area (Å²) >= 11 is 0. The molecule has 0 bridgehead atoms. The number of β-amino-alcohol motifs (C(OH)–C–C–N with tert-alkyl or cyclic N) is 1. The van der Waals surface area contributed by atoms with Gasteiger partial charge in [-0.15, -0.1) is 0 Å². The second-order valence-corrected chi connectivity index (χ2v) is 23.3. The van der Waals surface area contributed by atoms with E-state index in [1.165, 1.54) is 38.3 Å². The summed E-state index contributed by atoms with van der Waals surface area (Å²) in [5.41, 5.74) is 5.73. The number of nitrogens with two attached hydrogens (primary N) is 1. The zero-order chi connectivity index (χ0) is 59.0. The number of amides is 9. The summed E-state index contributed by atoms with van der Waals surface area (Å²) in [4.78, 5) is 158. The van der Waals surface area contributed by atoms with Crippen LogP contribution in [0.4, 0.5) is 0 Å². The molecule has 8 atom stereocenters. The van der Waals surface area contributed by atoms with E-state index >= 15 is 0 Å². The lowest BCUT2D eigenvalue weighted by Crippen LogP contribution is -2.58. The molecule has 0 saturated carbocycles. The number of hydrogen-bond acceptors (Lipinski definition) is 18. The normalized spacial score (nSPS) is 19.5. The number of aliphatic carboxylic acids is 2. The molecule has 0 spiro atoms. The van der Waals surface area contributed by atoms with Crippen molar-refractivity contribution in [2.24, 2.45) is 5.73 Å². The van der Waals surface area contributed by atoms with Crippen LogP contribution in [0.2, 0.25) is 0 Å². The van der Waals surface area contributed by atoms with E-state index in [9.17, 15) is 67.7 Å². The van der Waals surface area contributed by atoms with Gasteiger partial charge in [0.25, 0.3) is 0 Å². The third-order valence-corrected chi connectivity index (χ3v) is 17.0. The first kappa shape index (κ1) is 67.2. The van der Waals surface area contributed by atoms with Gasteiger partial charge in [-0.2, -0.15) is 0 Å². The van der Waals surface area contributed by atoms with Crippen molar-refractivity contribution < 1.29 is 72.9 Å². The summed E-state index contributed by atoms with van der Waals surface area (Å²) in [6.07, 6.45) is 0.983. The highest BCUT2D eigenvalue weighted by Crippen LogP contribution is 2.38. The predicted molar refractivity (Wildman–Crippen MR) is 290 cm³/mol. The highest BCUT2D eigenvalue weighted by Gasteiger charge is 2.43. The van der Waals surface area contributed by atoms with Crippen LogP contribution in [0.1, 0.15) is 118 Å². The number of rotatable bonds is 33. The number of nitrogens with zero attached hydrogens (tertiary/aromatic N) is 3. The molecule has 30 heteroatoms. The lowest BCUT2D eigenvalue weighted by molar-refractivity contribution is -0.144. The number of Topliss-reactive ketones (excluding diaryl/α,β-unsaturated/α-hetero) is 1. The highest BCUT2D eigenvalue weighted by molar-refractivity contribution is 8.77. The van der Waals surface area contributed by atoms with Crippen molar-refractivity contribution in [3.05, 3.63) is 0 Å². The van der Waals surface area contributed by atoms with Crippen LogP contribution in [0.5, 0.6) is 0 Å². The van der Waals surface area contributed by atoms with E-state index in [2.05, 4.69) is 42.5 Å². The Balaban J connectivity index is 1.63. The second-order valence-electron chi connectivity index (χ2n) is 20.2. The van der Waals surface area contributed by atoms with Crippen LogP contribution in [-0.2, 0) is 57.5 Å². The number of carbonyl (C=O) groups is 12. The van der Waals surface area contributed by atoms with Gasteiger partial charge in [-0.25, -0.2) is 0 Å². The quantitative estimate of drug-likeness (QED) is 0.0137. The number of aliphatic hydroxyl groups is 1. The smallest absolute Gasteiger partial charge is 0.321 e. The zero-order valence-corrected chi connectivity index (χ0v) is 47.3. The highest BCUT2D eigenvalue weighted by atomic mass is 33.1. The largest absolute Gasteiger partial charge is 0.481 e. The Labute approximate surface area is 467 Å². The number of carboxylic acid groups (broad SMARTS) is 2. The van der Waals surface area contributed by atoms with Crippen molar-refractivity contribution in [2.75, 3.05) is 58.6 Å². The molecule has 14 N–H and O–H groups in total. The molecule has 3 aliphatic heterocycles. The third-order valence-electron chi connectivity index (χ3n) is 13.7. The number of carboxylic acids is 2. The summed E-state index contributed by atoms with van der Waals surface area (Å²) in [6, 6.07) is -7.73. The second kappa shape index (κ2) is 33.5. The van der Waals surface area contributed by atoms with Gasteiger partial charge in [-0.05, 0) is 92.5 Å².